The highest BCUT2D eigenvalue weighted by molar-refractivity contribution is 6.21. The molecule has 1 heterocycles. The highest BCUT2D eigenvalue weighted by Gasteiger charge is 2.33. The van der Waals surface area contributed by atoms with Crippen LogP contribution >= 0.6 is 0 Å². The molecule has 2 aromatic carbocycles. The van der Waals surface area contributed by atoms with E-state index >= 15 is 0 Å². The van der Waals surface area contributed by atoms with Gasteiger partial charge in [-0.25, -0.2) is 9.69 Å². The first kappa shape index (κ1) is 23.5. The average Bonchev–Trinajstić information content (AvgIpc) is 2.79. The highest BCUT2D eigenvalue weighted by atomic mass is 16.6. The third-order valence-electron chi connectivity index (χ3n) is 5.00. The standard InChI is InChI=1S/C25H31N3O4/c1-18-9-7-12-20(15-18)27(17-23(30)32-25(2,3)4)24(31)28-21-13-6-5-10-19(21)11-8-14-26-16-22(28)29/h5-7,9-10,12-13,15,26H,8,11,14,16-17H2,1-4H3. The summed E-state index contributed by atoms with van der Waals surface area (Å²) in [5.74, 6) is -0.915. The van der Waals surface area contributed by atoms with Crippen LogP contribution < -0.4 is 15.1 Å². The van der Waals surface area contributed by atoms with Gasteiger partial charge in [-0.2, -0.15) is 0 Å². The Bertz CT molecular complexity index is 997. The Balaban J connectivity index is 2.04. The molecule has 1 aliphatic rings. The van der Waals surface area contributed by atoms with Crippen LogP contribution in [0, 0.1) is 6.92 Å². The van der Waals surface area contributed by atoms with E-state index in [4.69, 9.17) is 4.74 Å². The van der Waals surface area contributed by atoms with Crippen molar-refractivity contribution in [2.75, 3.05) is 29.4 Å². The van der Waals surface area contributed by atoms with E-state index in [0.29, 0.717) is 17.9 Å². The number of carbonyl (C=O) groups is 3. The Labute approximate surface area is 189 Å². The van der Waals surface area contributed by atoms with E-state index < -0.39 is 17.6 Å². The maximum atomic E-state index is 13.9. The summed E-state index contributed by atoms with van der Waals surface area (Å²) in [5, 5.41) is 3.10. The molecule has 1 aliphatic heterocycles. The second-order valence-corrected chi connectivity index (χ2v) is 8.93. The van der Waals surface area contributed by atoms with Crippen molar-refractivity contribution in [3.63, 3.8) is 0 Å². The quantitative estimate of drug-likeness (QED) is 0.739. The number of fused-ring (bicyclic) bond motifs is 1. The lowest BCUT2D eigenvalue weighted by Gasteiger charge is -2.31. The summed E-state index contributed by atoms with van der Waals surface area (Å²) in [6.45, 7) is 7.64. The van der Waals surface area contributed by atoms with Gasteiger partial charge < -0.3 is 10.1 Å². The lowest BCUT2D eigenvalue weighted by molar-refractivity contribution is -0.152. The summed E-state index contributed by atoms with van der Waals surface area (Å²) >= 11 is 0. The van der Waals surface area contributed by atoms with E-state index in [1.165, 1.54) is 9.80 Å². The zero-order valence-electron chi connectivity index (χ0n) is 19.2. The summed E-state index contributed by atoms with van der Waals surface area (Å²) in [4.78, 5) is 42.2. The van der Waals surface area contributed by atoms with Crippen LogP contribution in [0.2, 0.25) is 0 Å². The number of hydrogen-bond donors (Lipinski definition) is 1. The number of nitrogens with one attached hydrogen (secondary N) is 1. The first-order valence-electron chi connectivity index (χ1n) is 10.9. The van der Waals surface area contributed by atoms with Gasteiger partial charge in [0.2, 0.25) is 5.91 Å². The molecule has 170 valence electrons. The Morgan fingerprint density at radius 2 is 1.88 bits per heavy atom. The molecular formula is C25H31N3O4. The van der Waals surface area contributed by atoms with Crippen molar-refractivity contribution in [3.8, 4) is 0 Å². The van der Waals surface area contributed by atoms with Crippen molar-refractivity contribution in [1.82, 2.24) is 5.32 Å². The molecule has 0 unspecified atom stereocenters. The van der Waals surface area contributed by atoms with Crippen molar-refractivity contribution >= 4 is 29.3 Å². The summed E-state index contributed by atoms with van der Waals surface area (Å²) < 4.78 is 5.47. The van der Waals surface area contributed by atoms with Crippen LogP contribution in [0.4, 0.5) is 16.2 Å². The third-order valence-corrected chi connectivity index (χ3v) is 5.00. The lowest BCUT2D eigenvalue weighted by Crippen LogP contribution is -2.51. The zero-order valence-corrected chi connectivity index (χ0v) is 19.2. The number of rotatable bonds is 3. The number of para-hydroxylation sites is 1. The predicted molar refractivity (Wildman–Crippen MR) is 125 cm³/mol. The number of urea groups is 1. The number of imide groups is 1. The molecule has 1 N–H and O–H groups in total. The van der Waals surface area contributed by atoms with Crippen molar-refractivity contribution in [2.24, 2.45) is 0 Å². The van der Waals surface area contributed by atoms with Crippen molar-refractivity contribution in [1.29, 1.82) is 0 Å². The number of carbonyl (C=O) groups excluding carboxylic acids is 3. The van der Waals surface area contributed by atoms with Crippen molar-refractivity contribution in [2.45, 2.75) is 46.1 Å². The van der Waals surface area contributed by atoms with E-state index in [2.05, 4.69) is 5.32 Å². The SMILES string of the molecule is Cc1cccc(N(CC(=O)OC(C)(C)C)C(=O)N2C(=O)CNCCCc3ccccc32)c1. The van der Waals surface area contributed by atoms with E-state index in [1.54, 1.807) is 32.9 Å². The zero-order chi connectivity index (χ0) is 23.3. The van der Waals surface area contributed by atoms with Crippen LogP contribution in [-0.2, 0) is 20.7 Å². The number of esters is 1. The van der Waals surface area contributed by atoms with Crippen LogP contribution in [0.5, 0.6) is 0 Å². The van der Waals surface area contributed by atoms with Crippen LogP contribution in [0.3, 0.4) is 0 Å². The molecule has 0 saturated heterocycles. The Hall–Kier alpha value is -3.19. The second-order valence-electron chi connectivity index (χ2n) is 8.93. The fraction of sp³-hybridized carbons (Fsp3) is 0.400. The molecule has 32 heavy (non-hydrogen) atoms. The minimum atomic E-state index is -0.691. The van der Waals surface area contributed by atoms with Crippen LogP contribution in [0.25, 0.3) is 0 Å². The Morgan fingerprint density at radius 1 is 1.12 bits per heavy atom. The maximum absolute atomic E-state index is 13.9. The topological polar surface area (TPSA) is 79.0 Å². The fourth-order valence-electron chi connectivity index (χ4n) is 3.65. The molecule has 0 spiro atoms. The smallest absolute Gasteiger partial charge is 0.336 e. The molecule has 2 aromatic rings. The molecule has 3 rings (SSSR count). The van der Waals surface area contributed by atoms with Crippen molar-refractivity contribution in [3.05, 3.63) is 59.7 Å². The average molecular weight is 438 g/mol. The van der Waals surface area contributed by atoms with Gasteiger partial charge in [0.25, 0.3) is 0 Å². The van der Waals surface area contributed by atoms with Gasteiger partial charge in [-0.3, -0.25) is 14.5 Å². The van der Waals surface area contributed by atoms with Crippen LogP contribution in [0.15, 0.2) is 48.5 Å². The predicted octanol–water partition coefficient (Wildman–Crippen LogP) is 3.83. The third kappa shape index (κ3) is 5.95. The molecule has 0 saturated carbocycles. The molecule has 0 bridgehead atoms. The number of ether oxygens (including phenoxy) is 1. The van der Waals surface area contributed by atoms with Gasteiger partial charge in [-0.1, -0.05) is 30.3 Å². The van der Waals surface area contributed by atoms with E-state index in [1.807, 2.05) is 43.3 Å². The van der Waals surface area contributed by atoms with Gasteiger partial charge in [0, 0.05) is 5.69 Å². The number of nitrogens with zero attached hydrogens (tertiary/aromatic N) is 2. The van der Waals surface area contributed by atoms with Gasteiger partial charge in [-0.15, -0.1) is 0 Å². The molecule has 0 aromatic heterocycles. The number of hydrogen-bond acceptors (Lipinski definition) is 5. The van der Waals surface area contributed by atoms with Crippen molar-refractivity contribution < 1.29 is 19.1 Å². The minimum absolute atomic E-state index is 0.0359. The molecule has 3 amide bonds. The van der Waals surface area contributed by atoms with Crippen LogP contribution in [0.1, 0.15) is 38.3 Å². The second kappa shape index (κ2) is 9.96. The summed E-state index contributed by atoms with van der Waals surface area (Å²) in [5.41, 5.74) is 2.23. The Morgan fingerprint density at radius 3 is 2.59 bits per heavy atom. The molecule has 0 atom stereocenters. The molecule has 0 aliphatic carbocycles. The monoisotopic (exact) mass is 437 g/mol. The maximum Gasteiger partial charge on any atom is 0.336 e. The lowest BCUT2D eigenvalue weighted by atomic mass is 10.1. The largest absolute Gasteiger partial charge is 0.459 e. The van der Waals surface area contributed by atoms with Gasteiger partial charge in [0.05, 0.1) is 12.2 Å². The number of benzene rings is 2. The van der Waals surface area contributed by atoms with Crippen LogP contribution in [-0.4, -0.2) is 43.1 Å². The summed E-state index contributed by atoms with van der Waals surface area (Å²) in [7, 11) is 0. The van der Waals surface area contributed by atoms with Gasteiger partial charge in [-0.05, 0) is 76.4 Å². The summed E-state index contributed by atoms with van der Waals surface area (Å²) in [6, 6.07) is 14.1. The highest BCUT2D eigenvalue weighted by Crippen LogP contribution is 2.27. The summed E-state index contributed by atoms with van der Waals surface area (Å²) in [6.07, 6.45) is 1.59. The van der Waals surface area contributed by atoms with E-state index in [0.717, 1.165) is 24.0 Å². The Kier molecular flexibility index (Phi) is 7.30. The number of amides is 3. The molecular weight excluding hydrogens is 406 g/mol. The number of anilines is 2. The van der Waals surface area contributed by atoms with E-state index in [-0.39, 0.29) is 19.0 Å². The van der Waals surface area contributed by atoms with Gasteiger partial charge >= 0.3 is 12.0 Å². The number of aryl methyl sites for hydroxylation is 2. The molecule has 0 fully saturated rings. The first-order valence-corrected chi connectivity index (χ1v) is 10.9. The van der Waals surface area contributed by atoms with E-state index in [9.17, 15) is 14.4 Å². The normalized spacial score (nSPS) is 14.6. The fourth-order valence-corrected chi connectivity index (χ4v) is 3.65. The minimum Gasteiger partial charge on any atom is -0.459 e. The molecule has 7 heteroatoms. The first-order chi connectivity index (χ1) is 15.2. The van der Waals surface area contributed by atoms with Gasteiger partial charge in [0.1, 0.15) is 12.1 Å². The molecule has 0 radical (unpaired) electrons. The molecule has 7 nitrogen and oxygen atoms in total. The van der Waals surface area contributed by atoms with Gasteiger partial charge in [0.15, 0.2) is 0 Å².